The molecule has 108 valence electrons. The molecule has 0 saturated heterocycles. The summed E-state index contributed by atoms with van der Waals surface area (Å²) < 4.78 is 9.77. The Hall–Kier alpha value is -2.24. The van der Waals surface area contributed by atoms with Crippen LogP contribution in [0.2, 0.25) is 0 Å². The number of hydrogen-bond acceptors (Lipinski definition) is 6. The van der Waals surface area contributed by atoms with Gasteiger partial charge in [-0.2, -0.15) is 0 Å². The topological polar surface area (TPSA) is 86.7 Å². The molecule has 0 fully saturated rings. The first-order valence-electron chi connectivity index (χ1n) is 6.22. The molecule has 1 aliphatic heterocycles. The van der Waals surface area contributed by atoms with Gasteiger partial charge in [0.15, 0.2) is 17.7 Å². The van der Waals surface area contributed by atoms with Gasteiger partial charge in [0.2, 0.25) is 0 Å². The van der Waals surface area contributed by atoms with Crippen LogP contribution < -0.4 is 0 Å². The quantitative estimate of drug-likeness (QED) is 0.612. The van der Waals surface area contributed by atoms with Gasteiger partial charge in [-0.1, -0.05) is 0 Å². The molecular formula is C14H16O6. The largest absolute Gasteiger partial charge is 0.459 e. The molecule has 0 aromatic carbocycles. The Balaban J connectivity index is 2.85. The van der Waals surface area contributed by atoms with Crippen molar-refractivity contribution < 1.29 is 28.7 Å². The van der Waals surface area contributed by atoms with Gasteiger partial charge < -0.3 is 9.47 Å². The third-order valence-corrected chi connectivity index (χ3v) is 2.60. The summed E-state index contributed by atoms with van der Waals surface area (Å²) in [4.78, 5) is 45.8. The van der Waals surface area contributed by atoms with Crippen LogP contribution in [0.1, 0.15) is 26.7 Å². The van der Waals surface area contributed by atoms with E-state index in [1.165, 1.54) is 6.92 Å². The molecule has 6 heteroatoms. The molecule has 0 spiro atoms. The highest BCUT2D eigenvalue weighted by Gasteiger charge is 2.16. The predicted molar refractivity (Wildman–Crippen MR) is 68.6 cm³/mol. The number of esters is 2. The summed E-state index contributed by atoms with van der Waals surface area (Å²) in [7, 11) is 0. The summed E-state index contributed by atoms with van der Waals surface area (Å²) in [6, 6.07) is 0. The van der Waals surface area contributed by atoms with Crippen molar-refractivity contribution in [1.29, 1.82) is 0 Å². The van der Waals surface area contributed by atoms with Gasteiger partial charge in [-0.3, -0.25) is 9.59 Å². The van der Waals surface area contributed by atoms with E-state index in [0.29, 0.717) is 6.42 Å². The standard InChI is InChI=1S/C14H16O6/c1-9-3-4-11(15)5-7-14(18)20-10(2)12(16)6-8-13(17)19-9/h5-10H,3-4H2,1-2H3/b7-5+,8-6+/t9-,10-/m1/s1. The number of rotatable bonds is 0. The second-order valence-electron chi connectivity index (χ2n) is 4.40. The van der Waals surface area contributed by atoms with Crippen molar-refractivity contribution in [2.45, 2.75) is 38.9 Å². The molecule has 2 atom stereocenters. The van der Waals surface area contributed by atoms with E-state index in [1.54, 1.807) is 6.92 Å². The van der Waals surface area contributed by atoms with Crippen LogP contribution in [0.4, 0.5) is 0 Å². The van der Waals surface area contributed by atoms with E-state index in [-0.39, 0.29) is 12.2 Å². The van der Waals surface area contributed by atoms with Crippen LogP contribution in [0.25, 0.3) is 0 Å². The maximum atomic E-state index is 11.6. The molecule has 0 saturated carbocycles. The second kappa shape index (κ2) is 7.37. The molecule has 0 unspecified atom stereocenters. The third-order valence-electron chi connectivity index (χ3n) is 2.60. The monoisotopic (exact) mass is 280 g/mol. The van der Waals surface area contributed by atoms with Crippen LogP contribution in [-0.2, 0) is 28.7 Å². The summed E-state index contributed by atoms with van der Waals surface area (Å²) in [6.07, 6.45) is 3.06. The lowest BCUT2D eigenvalue weighted by atomic mass is 10.1. The van der Waals surface area contributed by atoms with Crippen LogP contribution in [0, 0.1) is 0 Å². The van der Waals surface area contributed by atoms with E-state index in [4.69, 9.17) is 9.47 Å². The van der Waals surface area contributed by atoms with Gasteiger partial charge in [0.05, 0.1) is 6.10 Å². The number of hydrogen-bond donors (Lipinski definition) is 0. The van der Waals surface area contributed by atoms with Crippen LogP contribution in [0.5, 0.6) is 0 Å². The lowest BCUT2D eigenvalue weighted by molar-refractivity contribution is -0.147. The number of allylic oxidation sites excluding steroid dienone is 1. The molecule has 0 amide bonds. The Morgan fingerprint density at radius 2 is 1.50 bits per heavy atom. The van der Waals surface area contributed by atoms with Gasteiger partial charge in [-0.15, -0.1) is 0 Å². The van der Waals surface area contributed by atoms with E-state index in [2.05, 4.69) is 0 Å². The molecular weight excluding hydrogens is 264 g/mol. The zero-order valence-electron chi connectivity index (χ0n) is 11.3. The van der Waals surface area contributed by atoms with Gasteiger partial charge in [-0.05, 0) is 32.4 Å². The van der Waals surface area contributed by atoms with Crippen molar-refractivity contribution in [1.82, 2.24) is 0 Å². The SMILES string of the molecule is C[C@@H]1CCC(=O)/C=C/C(=O)O[C@H](C)C(=O)/C=C/C(=O)O1. The molecule has 0 aliphatic carbocycles. The van der Waals surface area contributed by atoms with Crippen LogP contribution in [0.15, 0.2) is 24.3 Å². The predicted octanol–water partition coefficient (Wildman–Crippen LogP) is 0.894. The smallest absolute Gasteiger partial charge is 0.331 e. The summed E-state index contributed by atoms with van der Waals surface area (Å²) >= 11 is 0. The molecule has 1 aliphatic rings. The molecule has 0 radical (unpaired) electrons. The first-order valence-corrected chi connectivity index (χ1v) is 6.22. The average molecular weight is 280 g/mol. The summed E-state index contributed by atoms with van der Waals surface area (Å²) in [5.74, 6) is -2.28. The Labute approximate surface area is 116 Å². The normalized spacial score (nSPS) is 29.1. The zero-order valence-corrected chi connectivity index (χ0v) is 11.3. The van der Waals surface area contributed by atoms with Crippen molar-refractivity contribution in [3.63, 3.8) is 0 Å². The highest BCUT2D eigenvalue weighted by molar-refractivity contribution is 6.00. The Morgan fingerprint density at radius 1 is 0.900 bits per heavy atom. The van der Waals surface area contributed by atoms with Gasteiger partial charge in [0.25, 0.3) is 0 Å². The van der Waals surface area contributed by atoms with E-state index < -0.39 is 29.9 Å². The third kappa shape index (κ3) is 5.60. The van der Waals surface area contributed by atoms with Gasteiger partial charge >= 0.3 is 11.9 Å². The number of ketones is 2. The molecule has 1 rings (SSSR count). The van der Waals surface area contributed by atoms with Crippen molar-refractivity contribution in [3.8, 4) is 0 Å². The van der Waals surface area contributed by atoms with Gasteiger partial charge in [-0.25, -0.2) is 9.59 Å². The number of cyclic esters (lactones) is 2. The van der Waals surface area contributed by atoms with E-state index in [1.807, 2.05) is 0 Å². The fourth-order valence-corrected chi connectivity index (χ4v) is 1.44. The van der Waals surface area contributed by atoms with E-state index in [0.717, 1.165) is 24.3 Å². The summed E-state index contributed by atoms with van der Waals surface area (Å²) in [5.41, 5.74) is 0. The maximum absolute atomic E-state index is 11.6. The minimum Gasteiger partial charge on any atom is -0.459 e. The van der Waals surface area contributed by atoms with Crippen LogP contribution in [-0.4, -0.2) is 35.7 Å². The number of carbonyl (C=O) groups excluding carboxylic acids is 4. The maximum Gasteiger partial charge on any atom is 0.331 e. The molecule has 0 aromatic rings. The van der Waals surface area contributed by atoms with Crippen molar-refractivity contribution in [2.24, 2.45) is 0 Å². The minimum atomic E-state index is -1.04. The zero-order chi connectivity index (χ0) is 15.1. The molecule has 6 nitrogen and oxygen atoms in total. The molecule has 0 aromatic heterocycles. The Morgan fingerprint density at radius 3 is 2.20 bits per heavy atom. The first kappa shape index (κ1) is 15.8. The molecule has 1 heterocycles. The summed E-state index contributed by atoms with van der Waals surface area (Å²) in [6.45, 7) is 3.02. The highest BCUT2D eigenvalue weighted by atomic mass is 16.5. The molecule has 20 heavy (non-hydrogen) atoms. The average Bonchev–Trinajstić information content (AvgIpc) is 2.39. The van der Waals surface area contributed by atoms with Crippen molar-refractivity contribution in [3.05, 3.63) is 24.3 Å². The lowest BCUT2D eigenvalue weighted by Gasteiger charge is -2.11. The van der Waals surface area contributed by atoms with E-state index >= 15 is 0 Å². The van der Waals surface area contributed by atoms with Crippen LogP contribution >= 0.6 is 0 Å². The van der Waals surface area contributed by atoms with Gasteiger partial charge in [0.1, 0.15) is 0 Å². The number of carbonyl (C=O) groups is 4. The molecule has 0 bridgehead atoms. The fourth-order valence-electron chi connectivity index (χ4n) is 1.44. The summed E-state index contributed by atoms with van der Waals surface area (Å²) in [5, 5.41) is 0. The van der Waals surface area contributed by atoms with Gasteiger partial charge in [0, 0.05) is 18.6 Å². The fraction of sp³-hybridized carbons (Fsp3) is 0.429. The van der Waals surface area contributed by atoms with Crippen molar-refractivity contribution in [2.75, 3.05) is 0 Å². The highest BCUT2D eigenvalue weighted by Crippen LogP contribution is 2.05. The molecule has 0 N–H and O–H groups in total. The van der Waals surface area contributed by atoms with E-state index in [9.17, 15) is 19.2 Å². The van der Waals surface area contributed by atoms with Crippen molar-refractivity contribution >= 4 is 23.5 Å². The minimum absolute atomic E-state index is 0.149. The lowest BCUT2D eigenvalue weighted by Crippen LogP contribution is -2.22. The first-order chi connectivity index (χ1) is 9.38. The van der Waals surface area contributed by atoms with Crippen LogP contribution in [0.3, 0.4) is 0 Å². The Bertz CT molecular complexity index is 474. The number of ether oxygens (including phenoxy) is 2. The second-order valence-corrected chi connectivity index (χ2v) is 4.40. The Kier molecular flexibility index (Phi) is 5.83.